The van der Waals surface area contributed by atoms with Gasteiger partial charge in [0.15, 0.2) is 5.70 Å². The molecule has 0 bridgehead atoms. The Balaban J connectivity index is 1.76. The van der Waals surface area contributed by atoms with E-state index in [0.717, 1.165) is 20.1 Å². The highest BCUT2D eigenvalue weighted by atomic mass is 19.2. The minimum Gasteiger partial charge on any atom is -0.393 e. The van der Waals surface area contributed by atoms with Crippen LogP contribution in [0.5, 0.6) is 0 Å². The highest BCUT2D eigenvalue weighted by molar-refractivity contribution is 6.58. The molecule has 28 heavy (non-hydrogen) atoms. The predicted molar refractivity (Wildman–Crippen MR) is 109 cm³/mol. The van der Waals surface area contributed by atoms with Gasteiger partial charge < -0.3 is 22.9 Å². The largest absolute Gasteiger partial charge is 0.737 e. The summed E-state index contributed by atoms with van der Waals surface area (Å²) in [6.07, 6.45) is 7.23. The first-order valence-corrected chi connectivity index (χ1v) is 9.10. The molecular weight excluding hydrogens is 359 g/mol. The van der Waals surface area contributed by atoms with Crippen molar-refractivity contribution in [3.05, 3.63) is 77.3 Å². The Hall–Kier alpha value is -3.22. The van der Waals surface area contributed by atoms with Crippen LogP contribution in [0.3, 0.4) is 0 Å². The fraction of sp³-hybridized carbons (Fsp3) is 0.143. The van der Waals surface area contributed by atoms with Crippen LogP contribution in [0.15, 0.2) is 60.3 Å². The number of carbonyl (C=O) groups is 1. The monoisotopic (exact) mass is 379 g/mol. The molecule has 0 fully saturated rings. The number of amides is 1. The van der Waals surface area contributed by atoms with Crippen molar-refractivity contribution in [1.29, 1.82) is 0 Å². The first kappa shape index (κ1) is 18.2. The zero-order valence-electron chi connectivity index (χ0n) is 15.9. The second kappa shape index (κ2) is 6.44. The number of rotatable bonds is 3. The summed E-state index contributed by atoms with van der Waals surface area (Å²) in [6, 6.07) is 10.8. The van der Waals surface area contributed by atoms with Crippen LogP contribution in [0.1, 0.15) is 30.8 Å². The SMILES string of the molecule is CC(=O)Nc1ccc(/C=C/C2=C3C=CC(C)=[N+]3[B-](F)(F)n3c(C)ccc32)cc1. The lowest BCUT2D eigenvalue weighted by molar-refractivity contribution is -0.362. The fourth-order valence-corrected chi connectivity index (χ4v) is 3.84. The minimum atomic E-state index is -3.92. The maximum atomic E-state index is 15.2. The van der Waals surface area contributed by atoms with Crippen LogP contribution in [0.25, 0.3) is 11.6 Å². The van der Waals surface area contributed by atoms with Crippen molar-refractivity contribution >= 4 is 35.9 Å². The molecule has 0 atom stereocenters. The van der Waals surface area contributed by atoms with Gasteiger partial charge in [0.1, 0.15) is 5.71 Å². The number of anilines is 1. The molecule has 0 saturated carbocycles. The van der Waals surface area contributed by atoms with Gasteiger partial charge in [0, 0.05) is 37.4 Å². The molecule has 1 amide bonds. The van der Waals surface area contributed by atoms with E-state index in [1.54, 1.807) is 38.1 Å². The smallest absolute Gasteiger partial charge is 0.393 e. The zero-order chi connectivity index (χ0) is 20.1. The third kappa shape index (κ3) is 2.83. The lowest BCUT2D eigenvalue weighted by Crippen LogP contribution is -2.51. The molecule has 4 rings (SSSR count). The molecule has 0 spiro atoms. The van der Waals surface area contributed by atoms with Crippen molar-refractivity contribution in [2.75, 3.05) is 5.32 Å². The Morgan fingerprint density at radius 1 is 1.07 bits per heavy atom. The second-order valence-corrected chi connectivity index (χ2v) is 7.10. The Kier molecular flexibility index (Phi) is 4.18. The van der Waals surface area contributed by atoms with E-state index < -0.39 is 6.97 Å². The average Bonchev–Trinajstić information content (AvgIpc) is 3.20. The summed E-state index contributed by atoms with van der Waals surface area (Å²) in [4.78, 5) is 11.1. The Labute approximate surface area is 162 Å². The molecule has 0 saturated heterocycles. The van der Waals surface area contributed by atoms with E-state index in [-0.39, 0.29) is 5.91 Å². The van der Waals surface area contributed by atoms with Crippen LogP contribution in [0, 0.1) is 6.92 Å². The summed E-state index contributed by atoms with van der Waals surface area (Å²) in [5.41, 5.74) is 4.47. The molecule has 4 nitrogen and oxygen atoms in total. The summed E-state index contributed by atoms with van der Waals surface area (Å²) < 4.78 is 32.6. The van der Waals surface area contributed by atoms with Gasteiger partial charge in [-0.25, -0.2) is 0 Å². The van der Waals surface area contributed by atoms with Gasteiger partial charge in [-0.2, -0.15) is 0 Å². The lowest BCUT2D eigenvalue weighted by atomic mass is 9.87. The molecule has 2 aliphatic rings. The molecule has 1 aromatic heterocycles. The summed E-state index contributed by atoms with van der Waals surface area (Å²) in [7, 11) is 0. The second-order valence-electron chi connectivity index (χ2n) is 7.10. The Morgan fingerprint density at radius 3 is 2.46 bits per heavy atom. The van der Waals surface area contributed by atoms with Gasteiger partial charge in [-0.15, -0.1) is 0 Å². The maximum absolute atomic E-state index is 15.2. The van der Waals surface area contributed by atoms with E-state index in [2.05, 4.69) is 5.32 Å². The first-order valence-electron chi connectivity index (χ1n) is 9.10. The zero-order valence-corrected chi connectivity index (χ0v) is 15.9. The van der Waals surface area contributed by atoms with Crippen molar-refractivity contribution in [3.63, 3.8) is 0 Å². The van der Waals surface area contributed by atoms with Gasteiger partial charge in [0.2, 0.25) is 5.91 Å². The van der Waals surface area contributed by atoms with Crippen LogP contribution >= 0.6 is 0 Å². The van der Waals surface area contributed by atoms with Gasteiger partial charge in [0.05, 0.1) is 5.57 Å². The third-order valence-electron chi connectivity index (χ3n) is 5.09. The molecule has 0 aliphatic carbocycles. The van der Waals surface area contributed by atoms with E-state index in [0.29, 0.717) is 28.5 Å². The number of hydrogen-bond acceptors (Lipinski definition) is 1. The van der Waals surface area contributed by atoms with Gasteiger partial charge in [0.25, 0.3) is 0 Å². The van der Waals surface area contributed by atoms with E-state index in [1.807, 2.05) is 36.4 Å². The van der Waals surface area contributed by atoms with Gasteiger partial charge in [-0.3, -0.25) is 4.79 Å². The summed E-state index contributed by atoms with van der Waals surface area (Å²) in [5.74, 6) is -0.129. The molecule has 2 aliphatic heterocycles. The number of hydrogen-bond donors (Lipinski definition) is 1. The van der Waals surface area contributed by atoms with E-state index in [9.17, 15) is 4.79 Å². The number of aryl methyl sites for hydroxylation is 1. The quantitative estimate of drug-likeness (QED) is 0.786. The van der Waals surface area contributed by atoms with Crippen LogP contribution in [0.4, 0.5) is 14.3 Å². The third-order valence-corrected chi connectivity index (χ3v) is 5.09. The lowest BCUT2D eigenvalue weighted by Gasteiger charge is -2.32. The molecule has 1 N–H and O–H groups in total. The topological polar surface area (TPSA) is 37.0 Å². The molecule has 0 radical (unpaired) electrons. The number of halogens is 2. The van der Waals surface area contributed by atoms with Crippen LogP contribution < -0.4 is 5.32 Å². The van der Waals surface area contributed by atoms with Crippen LogP contribution in [-0.4, -0.2) is 27.6 Å². The molecule has 2 aromatic rings. The number of nitrogens with zero attached hydrogens (tertiary/aromatic N) is 2. The van der Waals surface area contributed by atoms with E-state index >= 15 is 8.63 Å². The maximum Gasteiger partial charge on any atom is 0.737 e. The minimum absolute atomic E-state index is 0.129. The molecule has 7 heteroatoms. The fourth-order valence-electron chi connectivity index (χ4n) is 3.84. The molecular formula is C21H20BF2N3O. The highest BCUT2D eigenvalue weighted by Gasteiger charge is 2.52. The van der Waals surface area contributed by atoms with Gasteiger partial charge in [-0.05, 0) is 48.5 Å². The number of fused-ring (bicyclic) bond motifs is 2. The normalized spacial score (nSPS) is 17.3. The van der Waals surface area contributed by atoms with Crippen molar-refractivity contribution in [2.45, 2.75) is 20.8 Å². The standard InChI is InChI=1S/C21H20BF2N3O/c1-14-4-12-20-19(11-8-17-6-9-18(10-7-17)25-16(3)28)21-13-5-15(2)27(21)22(23,24)26(14)20/h4-13H,1-3H3,(H,25,28)/b11-8+. The van der Waals surface area contributed by atoms with Crippen molar-refractivity contribution in [3.8, 4) is 0 Å². The van der Waals surface area contributed by atoms with Gasteiger partial charge in [-0.1, -0.05) is 18.2 Å². The Bertz CT molecular complexity index is 1110. The summed E-state index contributed by atoms with van der Waals surface area (Å²) >= 11 is 0. The number of allylic oxidation sites excluding steroid dienone is 4. The van der Waals surface area contributed by atoms with Crippen molar-refractivity contribution in [1.82, 2.24) is 4.48 Å². The van der Waals surface area contributed by atoms with Crippen molar-refractivity contribution in [2.24, 2.45) is 0 Å². The average molecular weight is 379 g/mol. The van der Waals surface area contributed by atoms with Crippen LogP contribution in [0.2, 0.25) is 0 Å². The van der Waals surface area contributed by atoms with E-state index in [1.165, 1.54) is 6.92 Å². The molecule has 142 valence electrons. The van der Waals surface area contributed by atoms with Crippen LogP contribution in [-0.2, 0) is 4.79 Å². The first-order chi connectivity index (χ1) is 13.3. The van der Waals surface area contributed by atoms with Gasteiger partial charge >= 0.3 is 6.97 Å². The number of aromatic nitrogens is 1. The summed E-state index contributed by atoms with van der Waals surface area (Å²) in [5, 5.41) is 2.72. The Morgan fingerprint density at radius 2 is 1.79 bits per heavy atom. The molecule has 0 unspecified atom stereocenters. The number of carbonyl (C=O) groups excluding carboxylic acids is 1. The van der Waals surface area contributed by atoms with E-state index in [4.69, 9.17) is 0 Å². The van der Waals surface area contributed by atoms with Crippen molar-refractivity contribution < 1.29 is 17.9 Å². The highest BCUT2D eigenvalue weighted by Crippen LogP contribution is 2.37. The number of nitrogens with one attached hydrogen (secondary N) is 1. The molecule has 1 aromatic carbocycles. The molecule has 3 heterocycles. The summed E-state index contributed by atoms with van der Waals surface area (Å²) in [6.45, 7) is 0.941. The predicted octanol–water partition coefficient (Wildman–Crippen LogP) is 4.46. The number of benzene rings is 1.